The molecule has 14 heteroatoms. The Hall–Kier alpha value is -4.20. The number of hydrogen-bond donors (Lipinski definition) is 6. The van der Waals surface area contributed by atoms with E-state index in [2.05, 4.69) is 31.9 Å². The summed E-state index contributed by atoms with van der Waals surface area (Å²) in [5, 5.41) is 17.4. The van der Waals surface area contributed by atoms with Crippen molar-refractivity contribution in [2.45, 2.75) is 94.1 Å². The summed E-state index contributed by atoms with van der Waals surface area (Å²) < 4.78 is 26.9. The first-order valence-corrected chi connectivity index (χ1v) is 18.0. The van der Waals surface area contributed by atoms with Crippen molar-refractivity contribution in [3.05, 3.63) is 71.3 Å². The molecule has 4 rings (SSSR count). The summed E-state index contributed by atoms with van der Waals surface area (Å²) in [4.78, 5) is 62.2. The van der Waals surface area contributed by atoms with Crippen LogP contribution in [0.2, 0.25) is 0 Å². The molecule has 1 unspecified atom stereocenters. The fourth-order valence-corrected chi connectivity index (χ4v) is 7.52. The molecule has 266 valence electrons. The molecule has 2 aromatic carbocycles. The van der Waals surface area contributed by atoms with Crippen LogP contribution in [0.5, 0.6) is 0 Å². The Morgan fingerprint density at radius 2 is 1.53 bits per heavy atom. The summed E-state index contributed by atoms with van der Waals surface area (Å²) in [5.74, 6) is -2.20. The first kappa shape index (κ1) is 37.6. The van der Waals surface area contributed by atoms with E-state index in [4.69, 9.17) is 0 Å². The minimum Gasteiger partial charge on any atom is -0.356 e. The van der Waals surface area contributed by atoms with E-state index in [0.717, 1.165) is 62.8 Å². The highest BCUT2D eigenvalue weighted by Gasteiger charge is 2.42. The molecule has 5 atom stereocenters. The van der Waals surface area contributed by atoms with E-state index in [9.17, 15) is 32.8 Å². The number of fused-ring (bicyclic) bond motifs is 1. The molecule has 0 spiro atoms. The molecule has 2 aliphatic heterocycles. The minimum atomic E-state index is -1.01. The van der Waals surface area contributed by atoms with Gasteiger partial charge in [-0.25, -0.2) is 13.6 Å². The lowest BCUT2D eigenvalue weighted by Gasteiger charge is -2.22. The van der Waals surface area contributed by atoms with E-state index in [1.165, 1.54) is 6.92 Å². The van der Waals surface area contributed by atoms with E-state index < -0.39 is 41.4 Å². The maximum atomic E-state index is 13.5. The van der Waals surface area contributed by atoms with E-state index in [1.807, 2.05) is 11.8 Å². The molecule has 2 aromatic rings. The Morgan fingerprint density at radius 3 is 2.24 bits per heavy atom. The van der Waals surface area contributed by atoms with Gasteiger partial charge in [-0.2, -0.15) is 11.8 Å². The number of unbranched alkanes of at least 4 members (excludes halogenated alkanes) is 4. The van der Waals surface area contributed by atoms with Gasteiger partial charge < -0.3 is 31.9 Å². The highest BCUT2D eigenvalue weighted by atomic mass is 32.2. The van der Waals surface area contributed by atoms with Crippen LogP contribution in [0, 0.1) is 11.6 Å². The van der Waals surface area contributed by atoms with E-state index in [1.54, 1.807) is 30.3 Å². The molecule has 6 N–H and O–H groups in total. The number of nitrogens with one attached hydrogen (secondary N) is 6. The van der Waals surface area contributed by atoms with Crippen LogP contribution in [0.15, 0.2) is 48.5 Å². The topological polar surface area (TPSA) is 158 Å². The lowest BCUT2D eigenvalue weighted by molar-refractivity contribution is -0.131. The SMILES string of the molecule is C[C@H](NC(=O)Cc1cc(F)cc(F)c1)C(=O)NC(C(=O)NCCCCCCNC(=O)CCCC[C@@H]1SC[C@@H]2NC(=O)N[C@@H]21)c1ccccc1. The van der Waals surface area contributed by atoms with Gasteiger partial charge in [-0.1, -0.05) is 49.6 Å². The molecule has 2 fully saturated rings. The van der Waals surface area contributed by atoms with Crippen molar-refractivity contribution in [2.24, 2.45) is 0 Å². The quantitative estimate of drug-likeness (QED) is 0.0975. The van der Waals surface area contributed by atoms with Crippen molar-refractivity contribution in [3.63, 3.8) is 0 Å². The third-order valence-electron chi connectivity index (χ3n) is 8.55. The molecule has 49 heavy (non-hydrogen) atoms. The average molecular weight is 701 g/mol. The molecular weight excluding hydrogens is 654 g/mol. The highest BCUT2D eigenvalue weighted by molar-refractivity contribution is 8.00. The lowest BCUT2D eigenvalue weighted by Crippen LogP contribution is -2.49. The minimum absolute atomic E-state index is 0.0462. The van der Waals surface area contributed by atoms with Crippen LogP contribution < -0.4 is 31.9 Å². The third-order valence-corrected chi connectivity index (χ3v) is 10.1. The zero-order valence-electron chi connectivity index (χ0n) is 27.7. The molecule has 11 nitrogen and oxygen atoms in total. The molecule has 0 radical (unpaired) electrons. The van der Waals surface area contributed by atoms with Gasteiger partial charge in [0.15, 0.2) is 0 Å². The van der Waals surface area contributed by atoms with E-state index in [-0.39, 0.29) is 36.0 Å². The number of carbonyl (C=O) groups excluding carboxylic acids is 5. The largest absolute Gasteiger partial charge is 0.356 e. The van der Waals surface area contributed by atoms with Crippen molar-refractivity contribution in [3.8, 4) is 0 Å². The van der Waals surface area contributed by atoms with Crippen molar-refractivity contribution in [1.82, 2.24) is 31.9 Å². The summed E-state index contributed by atoms with van der Waals surface area (Å²) in [6.07, 6.45) is 6.20. The molecule has 0 saturated carbocycles. The number of benzene rings is 2. The lowest BCUT2D eigenvalue weighted by atomic mass is 10.0. The van der Waals surface area contributed by atoms with Crippen LogP contribution >= 0.6 is 11.8 Å². The fourth-order valence-electron chi connectivity index (χ4n) is 5.98. The molecular formula is C35H46F2N6O5S. The van der Waals surface area contributed by atoms with Gasteiger partial charge in [-0.3, -0.25) is 19.2 Å². The van der Waals surface area contributed by atoms with Crippen LogP contribution in [-0.4, -0.2) is 71.9 Å². The first-order chi connectivity index (χ1) is 23.6. The monoisotopic (exact) mass is 700 g/mol. The van der Waals surface area contributed by atoms with Gasteiger partial charge in [0, 0.05) is 36.6 Å². The van der Waals surface area contributed by atoms with Crippen molar-refractivity contribution in [2.75, 3.05) is 18.8 Å². The number of thioether (sulfide) groups is 1. The average Bonchev–Trinajstić information content (AvgIpc) is 3.61. The fraction of sp³-hybridized carbons (Fsp3) is 0.514. The Balaban J connectivity index is 1.08. The van der Waals surface area contributed by atoms with E-state index >= 15 is 0 Å². The van der Waals surface area contributed by atoms with Crippen molar-refractivity contribution >= 4 is 41.4 Å². The summed E-state index contributed by atoms with van der Waals surface area (Å²) in [6.45, 7) is 2.46. The first-order valence-electron chi connectivity index (χ1n) is 16.9. The number of carbonyl (C=O) groups is 5. The predicted octanol–water partition coefficient (Wildman–Crippen LogP) is 3.39. The normalized spacial score (nSPS) is 19.2. The smallest absolute Gasteiger partial charge is 0.315 e. The predicted molar refractivity (Wildman–Crippen MR) is 183 cm³/mol. The maximum absolute atomic E-state index is 13.5. The Bertz CT molecular complexity index is 1430. The molecule has 2 aliphatic rings. The molecule has 0 aliphatic carbocycles. The van der Waals surface area contributed by atoms with Crippen LogP contribution in [0.25, 0.3) is 0 Å². The highest BCUT2D eigenvalue weighted by Crippen LogP contribution is 2.33. The number of rotatable bonds is 19. The van der Waals surface area contributed by atoms with Gasteiger partial charge in [0.25, 0.3) is 0 Å². The van der Waals surface area contributed by atoms with Gasteiger partial charge in [0.05, 0.1) is 18.5 Å². The van der Waals surface area contributed by atoms with Gasteiger partial charge in [-0.15, -0.1) is 0 Å². The Kier molecular flexibility index (Phi) is 14.7. The second kappa shape index (κ2) is 19.1. The summed E-state index contributed by atoms with van der Waals surface area (Å²) in [6, 6.07) is 9.87. The number of amides is 6. The van der Waals surface area contributed by atoms with Crippen LogP contribution in [0.4, 0.5) is 13.6 Å². The van der Waals surface area contributed by atoms with Crippen molar-refractivity contribution < 1.29 is 32.8 Å². The summed E-state index contributed by atoms with van der Waals surface area (Å²) in [7, 11) is 0. The number of urea groups is 1. The molecule has 2 saturated heterocycles. The number of hydrogen-bond acceptors (Lipinski definition) is 6. The molecule has 0 aromatic heterocycles. The van der Waals surface area contributed by atoms with Gasteiger partial charge in [0.2, 0.25) is 23.6 Å². The molecule has 6 amide bonds. The van der Waals surface area contributed by atoms with Gasteiger partial charge >= 0.3 is 6.03 Å². The summed E-state index contributed by atoms with van der Waals surface area (Å²) in [5.41, 5.74) is 0.705. The maximum Gasteiger partial charge on any atom is 0.315 e. The third kappa shape index (κ3) is 12.3. The van der Waals surface area contributed by atoms with Gasteiger partial charge in [-0.05, 0) is 55.9 Å². The summed E-state index contributed by atoms with van der Waals surface area (Å²) >= 11 is 1.88. The van der Waals surface area contributed by atoms with Crippen molar-refractivity contribution in [1.29, 1.82) is 0 Å². The number of halogens is 2. The standard InChI is InChI=1S/C35H46F2N6O5S/c1-22(40-30(45)19-23-17-25(36)20-26(37)18-23)33(46)42-31(24-11-5-4-6-12-24)34(47)39-16-10-3-2-9-15-38-29(44)14-8-7-13-28-32-27(21-49-28)41-35(48)43-32/h4-6,11-12,17-18,20,22,27-28,31-32H,2-3,7-10,13-16,19,21H2,1H3,(H,38,44)(H,39,47)(H,40,45)(H,42,46)(H2,41,43,48)/t22-,27-,28-,31?,32-/m0/s1. The van der Waals surface area contributed by atoms with Gasteiger partial charge in [0.1, 0.15) is 23.7 Å². The second-order valence-electron chi connectivity index (χ2n) is 12.5. The molecule has 2 heterocycles. The Morgan fingerprint density at radius 1 is 0.837 bits per heavy atom. The Labute approximate surface area is 289 Å². The van der Waals surface area contributed by atoms with E-state index in [0.29, 0.717) is 36.4 Å². The second-order valence-corrected chi connectivity index (χ2v) is 13.8. The zero-order valence-corrected chi connectivity index (χ0v) is 28.5. The van der Waals surface area contributed by atoms with Crippen LogP contribution in [-0.2, 0) is 25.6 Å². The zero-order chi connectivity index (χ0) is 35.2. The van der Waals surface area contributed by atoms with Crippen LogP contribution in [0.3, 0.4) is 0 Å². The van der Waals surface area contributed by atoms with Crippen LogP contribution in [0.1, 0.15) is 75.5 Å². The molecule has 0 bridgehead atoms.